The van der Waals surface area contributed by atoms with Gasteiger partial charge in [-0.05, 0) is 19.2 Å². The lowest BCUT2D eigenvalue weighted by atomic mass is 10.3. The van der Waals surface area contributed by atoms with Gasteiger partial charge in [-0.1, -0.05) is 18.2 Å². The van der Waals surface area contributed by atoms with Crippen molar-refractivity contribution in [2.24, 2.45) is 0 Å². The van der Waals surface area contributed by atoms with Crippen LogP contribution < -0.4 is 10.1 Å². The maximum absolute atomic E-state index is 5.71. The minimum Gasteiger partial charge on any atom is -0.487 e. The Morgan fingerprint density at radius 1 is 1.29 bits per heavy atom. The van der Waals surface area contributed by atoms with Gasteiger partial charge in [0.15, 0.2) is 0 Å². The summed E-state index contributed by atoms with van der Waals surface area (Å²) in [5.41, 5.74) is 0. The molecular formula is C11H17NO2. The Bertz CT molecular complexity index is 232. The summed E-state index contributed by atoms with van der Waals surface area (Å²) in [6.45, 7) is 1.37. The first kappa shape index (κ1) is 11.0. The normalized spacial score (nSPS) is 12.4. The number of likely N-dealkylation sites (N-methyl/N-ethyl adjacent to an activating group) is 1. The molecule has 0 fully saturated rings. The van der Waals surface area contributed by atoms with Gasteiger partial charge >= 0.3 is 0 Å². The third-order valence-corrected chi connectivity index (χ3v) is 1.83. The van der Waals surface area contributed by atoms with Crippen LogP contribution in [0.1, 0.15) is 0 Å². The van der Waals surface area contributed by atoms with Crippen molar-refractivity contribution in [3.63, 3.8) is 0 Å². The third kappa shape index (κ3) is 3.77. The summed E-state index contributed by atoms with van der Waals surface area (Å²) in [6, 6.07) is 9.77. The van der Waals surface area contributed by atoms with Gasteiger partial charge in [0.25, 0.3) is 0 Å². The van der Waals surface area contributed by atoms with E-state index in [9.17, 15) is 0 Å². The van der Waals surface area contributed by atoms with Gasteiger partial charge in [0.1, 0.15) is 11.9 Å². The van der Waals surface area contributed by atoms with Crippen molar-refractivity contribution in [2.45, 2.75) is 6.10 Å². The van der Waals surface area contributed by atoms with Crippen molar-refractivity contribution in [1.82, 2.24) is 5.32 Å². The van der Waals surface area contributed by atoms with Crippen LogP contribution in [0.2, 0.25) is 0 Å². The predicted molar refractivity (Wildman–Crippen MR) is 56.7 cm³/mol. The van der Waals surface area contributed by atoms with E-state index in [4.69, 9.17) is 9.47 Å². The highest BCUT2D eigenvalue weighted by molar-refractivity contribution is 5.21. The molecule has 0 radical (unpaired) electrons. The molecule has 0 bridgehead atoms. The maximum Gasteiger partial charge on any atom is 0.134 e. The first-order valence-electron chi connectivity index (χ1n) is 4.72. The number of benzene rings is 1. The Morgan fingerprint density at radius 3 is 2.57 bits per heavy atom. The zero-order chi connectivity index (χ0) is 10.2. The van der Waals surface area contributed by atoms with Crippen LogP contribution in [-0.2, 0) is 4.74 Å². The minimum atomic E-state index is 0.0624. The van der Waals surface area contributed by atoms with Crippen LogP contribution in [0.3, 0.4) is 0 Å². The topological polar surface area (TPSA) is 30.5 Å². The van der Waals surface area contributed by atoms with Crippen LogP contribution in [0.15, 0.2) is 30.3 Å². The summed E-state index contributed by atoms with van der Waals surface area (Å²) < 4.78 is 10.8. The molecule has 1 aromatic carbocycles. The number of para-hydroxylation sites is 1. The molecule has 1 N–H and O–H groups in total. The van der Waals surface area contributed by atoms with Gasteiger partial charge in [0.2, 0.25) is 0 Å². The van der Waals surface area contributed by atoms with Gasteiger partial charge in [-0.2, -0.15) is 0 Å². The molecule has 1 rings (SSSR count). The van der Waals surface area contributed by atoms with Crippen LogP contribution in [0.5, 0.6) is 5.75 Å². The summed E-state index contributed by atoms with van der Waals surface area (Å²) in [4.78, 5) is 0. The Kier molecular flexibility index (Phi) is 5.04. The lowest BCUT2D eigenvalue weighted by Crippen LogP contribution is -2.33. The van der Waals surface area contributed by atoms with Gasteiger partial charge in [-0.3, -0.25) is 0 Å². The average Bonchev–Trinajstić information content (AvgIpc) is 2.20. The highest BCUT2D eigenvalue weighted by Crippen LogP contribution is 2.10. The van der Waals surface area contributed by atoms with E-state index in [2.05, 4.69) is 5.32 Å². The average molecular weight is 195 g/mol. The number of hydrogen-bond donors (Lipinski definition) is 1. The summed E-state index contributed by atoms with van der Waals surface area (Å²) in [7, 11) is 3.58. The Morgan fingerprint density at radius 2 is 2.00 bits per heavy atom. The molecule has 0 amide bonds. The first-order chi connectivity index (χ1) is 6.86. The maximum atomic E-state index is 5.71. The van der Waals surface area contributed by atoms with E-state index in [1.54, 1.807) is 7.11 Å². The summed E-state index contributed by atoms with van der Waals surface area (Å²) in [5, 5.41) is 3.07. The van der Waals surface area contributed by atoms with Crippen LogP contribution in [0.25, 0.3) is 0 Å². The second kappa shape index (κ2) is 6.40. The zero-order valence-corrected chi connectivity index (χ0v) is 8.69. The van der Waals surface area contributed by atoms with E-state index in [1.807, 2.05) is 37.4 Å². The Hall–Kier alpha value is -1.06. The molecule has 3 nitrogen and oxygen atoms in total. The smallest absolute Gasteiger partial charge is 0.134 e. The van der Waals surface area contributed by atoms with Gasteiger partial charge in [0.05, 0.1) is 6.61 Å². The lowest BCUT2D eigenvalue weighted by molar-refractivity contribution is 0.0818. The van der Waals surface area contributed by atoms with Crippen LogP contribution in [-0.4, -0.2) is 33.4 Å². The Balaban J connectivity index is 2.46. The largest absolute Gasteiger partial charge is 0.487 e. The van der Waals surface area contributed by atoms with Crippen molar-refractivity contribution >= 4 is 0 Å². The second-order valence-electron chi connectivity index (χ2n) is 3.07. The van der Waals surface area contributed by atoms with Gasteiger partial charge in [-0.15, -0.1) is 0 Å². The van der Waals surface area contributed by atoms with Crippen molar-refractivity contribution in [3.8, 4) is 5.75 Å². The second-order valence-corrected chi connectivity index (χ2v) is 3.07. The quantitative estimate of drug-likeness (QED) is 0.742. The molecule has 14 heavy (non-hydrogen) atoms. The number of hydrogen-bond acceptors (Lipinski definition) is 3. The molecule has 0 aliphatic heterocycles. The standard InChI is InChI=1S/C11H17NO2/c1-12-8-11(9-13-2)14-10-6-4-3-5-7-10/h3-7,11-12H,8-9H2,1-2H3. The molecule has 1 atom stereocenters. The van der Waals surface area contributed by atoms with Gasteiger partial charge in [0, 0.05) is 13.7 Å². The van der Waals surface area contributed by atoms with Crippen LogP contribution >= 0.6 is 0 Å². The SMILES string of the molecule is CNCC(COC)Oc1ccccc1. The van der Waals surface area contributed by atoms with E-state index < -0.39 is 0 Å². The molecule has 0 aromatic heterocycles. The molecular weight excluding hydrogens is 178 g/mol. The zero-order valence-electron chi connectivity index (χ0n) is 8.69. The van der Waals surface area contributed by atoms with Gasteiger partial charge < -0.3 is 14.8 Å². The molecule has 0 spiro atoms. The molecule has 78 valence electrons. The molecule has 0 aliphatic carbocycles. The fourth-order valence-corrected chi connectivity index (χ4v) is 1.24. The monoisotopic (exact) mass is 195 g/mol. The van der Waals surface area contributed by atoms with Crippen LogP contribution in [0, 0.1) is 0 Å². The summed E-state index contributed by atoms with van der Waals surface area (Å²) in [5.74, 6) is 0.879. The van der Waals surface area contributed by atoms with Crippen molar-refractivity contribution < 1.29 is 9.47 Å². The molecule has 1 unspecified atom stereocenters. The molecule has 0 aliphatic rings. The molecule has 0 heterocycles. The van der Waals surface area contributed by atoms with E-state index >= 15 is 0 Å². The highest BCUT2D eigenvalue weighted by atomic mass is 16.5. The molecule has 0 saturated heterocycles. The highest BCUT2D eigenvalue weighted by Gasteiger charge is 2.08. The fraction of sp³-hybridized carbons (Fsp3) is 0.455. The van der Waals surface area contributed by atoms with Crippen molar-refractivity contribution in [1.29, 1.82) is 0 Å². The minimum absolute atomic E-state index is 0.0624. The van der Waals surface area contributed by atoms with E-state index in [0.717, 1.165) is 12.3 Å². The molecule has 3 heteroatoms. The van der Waals surface area contributed by atoms with Gasteiger partial charge in [-0.25, -0.2) is 0 Å². The molecule has 1 aromatic rings. The number of ether oxygens (including phenoxy) is 2. The third-order valence-electron chi connectivity index (χ3n) is 1.83. The lowest BCUT2D eigenvalue weighted by Gasteiger charge is -2.17. The summed E-state index contributed by atoms with van der Waals surface area (Å²) >= 11 is 0. The van der Waals surface area contributed by atoms with Crippen molar-refractivity contribution in [2.75, 3.05) is 27.3 Å². The predicted octanol–water partition coefficient (Wildman–Crippen LogP) is 1.30. The van der Waals surface area contributed by atoms with E-state index in [0.29, 0.717) is 6.61 Å². The fourth-order valence-electron chi connectivity index (χ4n) is 1.24. The van der Waals surface area contributed by atoms with E-state index in [1.165, 1.54) is 0 Å². The number of rotatable bonds is 6. The Labute approximate surface area is 85.0 Å². The molecule has 0 saturated carbocycles. The number of nitrogens with one attached hydrogen (secondary N) is 1. The summed E-state index contributed by atoms with van der Waals surface area (Å²) in [6.07, 6.45) is 0.0624. The first-order valence-corrected chi connectivity index (χ1v) is 4.72. The van der Waals surface area contributed by atoms with Crippen LogP contribution in [0.4, 0.5) is 0 Å². The van der Waals surface area contributed by atoms with Crippen molar-refractivity contribution in [3.05, 3.63) is 30.3 Å². The van der Waals surface area contributed by atoms with E-state index in [-0.39, 0.29) is 6.10 Å². The number of methoxy groups -OCH3 is 1.